The Morgan fingerprint density at radius 3 is 1.98 bits per heavy atom. The summed E-state index contributed by atoms with van der Waals surface area (Å²) >= 11 is 0. The van der Waals surface area contributed by atoms with Gasteiger partial charge in [-0.05, 0) is 107 Å². The molecule has 2 aliphatic heterocycles. The molecule has 4 aliphatic rings. The first-order chi connectivity index (χ1) is 24.0. The summed E-state index contributed by atoms with van der Waals surface area (Å²) < 4.78 is 11.4. The van der Waals surface area contributed by atoms with Crippen LogP contribution in [-0.2, 0) is 42.7 Å². The van der Waals surface area contributed by atoms with Crippen LogP contribution in [-0.4, -0.2) is 45.1 Å². The van der Waals surface area contributed by atoms with E-state index in [-0.39, 0.29) is 23.8 Å². The number of carbonyl (C=O) groups is 2. The van der Waals surface area contributed by atoms with Crippen molar-refractivity contribution in [3.05, 3.63) is 79.4 Å². The quantitative estimate of drug-likeness (QED) is 0.231. The molecule has 0 unspecified atom stereocenters. The van der Waals surface area contributed by atoms with Gasteiger partial charge in [0.1, 0.15) is 0 Å². The lowest BCUT2D eigenvalue weighted by molar-refractivity contribution is -0.140. The summed E-state index contributed by atoms with van der Waals surface area (Å²) in [5.41, 5.74) is 14.2. The zero-order valence-corrected chi connectivity index (χ0v) is 31.2. The fraction of sp³-hybridized carbons (Fsp3) is 0.476. The third kappa shape index (κ3) is 4.35. The van der Waals surface area contributed by atoms with Crippen molar-refractivity contribution in [1.29, 1.82) is 0 Å². The second-order valence-corrected chi connectivity index (χ2v) is 14.4. The molecule has 0 amide bonds. The molecule has 3 aromatic heterocycles. The molecule has 0 fully saturated rings. The number of esters is 2. The standard InChI is InChI=1S/C42H50N4O4/c1-11-24-21(7)31-19-34-28(13-3)41(10)29(39(47)49-15-5)17-27(37(41)45-34)36-25(12-2)22(8)35(46-36)26-18-30(40(48)50-16-6)42(14-4)23(9)32(44-38(26)42)20-33(24)43-31/h17-20,23,28,43,46H,11-16H2,1-10H3/t23-,28+,41+,42-/m1/s1. The third-order valence-electron chi connectivity index (χ3n) is 12.4. The van der Waals surface area contributed by atoms with Crippen molar-refractivity contribution in [1.82, 2.24) is 19.9 Å². The molecular weight excluding hydrogens is 624 g/mol. The minimum Gasteiger partial charge on any atom is -0.463 e. The molecule has 8 nitrogen and oxygen atoms in total. The Morgan fingerprint density at radius 2 is 1.36 bits per heavy atom. The largest absolute Gasteiger partial charge is 0.463 e. The summed E-state index contributed by atoms with van der Waals surface area (Å²) in [7, 11) is 0. The lowest BCUT2D eigenvalue weighted by Gasteiger charge is -2.31. The van der Waals surface area contributed by atoms with Gasteiger partial charge in [-0.25, -0.2) is 9.59 Å². The minimum atomic E-state index is -0.660. The van der Waals surface area contributed by atoms with Gasteiger partial charge < -0.3 is 19.4 Å². The number of nitrogens with one attached hydrogen (secondary N) is 2. The molecule has 5 heterocycles. The smallest absolute Gasteiger partial charge is 0.335 e. The Balaban J connectivity index is 1.72. The first-order valence-electron chi connectivity index (χ1n) is 18.5. The summed E-state index contributed by atoms with van der Waals surface area (Å²) in [5, 5.41) is 0. The van der Waals surface area contributed by atoms with Gasteiger partial charge in [-0.3, -0.25) is 9.97 Å². The zero-order valence-electron chi connectivity index (χ0n) is 31.2. The van der Waals surface area contributed by atoms with Crippen molar-refractivity contribution >= 4 is 46.2 Å². The highest BCUT2D eigenvalue weighted by atomic mass is 16.5. The predicted octanol–water partition coefficient (Wildman–Crippen LogP) is 8.88. The van der Waals surface area contributed by atoms with Crippen molar-refractivity contribution in [3.63, 3.8) is 0 Å². The van der Waals surface area contributed by atoms with Crippen LogP contribution in [0.15, 0.2) is 23.3 Å². The van der Waals surface area contributed by atoms with E-state index in [2.05, 4.69) is 77.5 Å². The topological polar surface area (TPSA) is 110 Å². The third-order valence-corrected chi connectivity index (χ3v) is 12.4. The summed E-state index contributed by atoms with van der Waals surface area (Å²) in [6.45, 7) is 21.6. The number of ether oxygens (including phenoxy) is 2. The molecular formula is C42H50N4O4. The lowest BCUT2D eigenvalue weighted by atomic mass is 9.69. The normalized spacial score (nSPS) is 23.2. The number of carbonyl (C=O) groups excluding carboxylic acids is 2. The van der Waals surface area contributed by atoms with Crippen LogP contribution >= 0.6 is 0 Å². The number of H-pyrrole nitrogens is 2. The number of hydrogen-bond donors (Lipinski definition) is 2. The average molecular weight is 675 g/mol. The first-order valence-corrected chi connectivity index (χ1v) is 18.5. The van der Waals surface area contributed by atoms with Crippen LogP contribution < -0.4 is 0 Å². The maximum atomic E-state index is 13.8. The molecule has 2 N–H and O–H groups in total. The van der Waals surface area contributed by atoms with E-state index >= 15 is 0 Å². The predicted molar refractivity (Wildman–Crippen MR) is 199 cm³/mol. The van der Waals surface area contributed by atoms with Gasteiger partial charge in [0.25, 0.3) is 0 Å². The second kappa shape index (κ2) is 12.1. The van der Waals surface area contributed by atoms with E-state index in [1.165, 1.54) is 11.1 Å². The van der Waals surface area contributed by atoms with E-state index < -0.39 is 10.8 Å². The number of fused-ring (bicyclic) bond motifs is 8. The van der Waals surface area contributed by atoms with E-state index in [0.717, 1.165) is 86.4 Å². The van der Waals surface area contributed by atoms with Crippen LogP contribution in [0.4, 0.5) is 0 Å². The van der Waals surface area contributed by atoms with Crippen LogP contribution in [0, 0.1) is 13.8 Å². The Kier molecular flexibility index (Phi) is 8.23. The van der Waals surface area contributed by atoms with Gasteiger partial charge in [0.2, 0.25) is 0 Å². The number of nitrogens with zero attached hydrogens (tertiary/aromatic N) is 2. The molecule has 0 saturated heterocycles. The number of hydrogen-bond acceptors (Lipinski definition) is 6. The zero-order chi connectivity index (χ0) is 35.9. The Morgan fingerprint density at radius 1 is 0.760 bits per heavy atom. The van der Waals surface area contributed by atoms with Crippen molar-refractivity contribution in [3.8, 4) is 0 Å². The van der Waals surface area contributed by atoms with E-state index in [4.69, 9.17) is 19.4 Å². The van der Waals surface area contributed by atoms with Crippen LogP contribution in [0.5, 0.6) is 0 Å². The molecule has 3 aromatic rings. The highest BCUT2D eigenvalue weighted by Gasteiger charge is 2.54. The molecule has 262 valence electrons. The molecule has 4 atom stereocenters. The van der Waals surface area contributed by atoms with Crippen molar-refractivity contribution in [2.24, 2.45) is 0 Å². The molecule has 8 heteroatoms. The minimum absolute atomic E-state index is 0.0254. The van der Waals surface area contributed by atoms with Crippen molar-refractivity contribution < 1.29 is 19.1 Å². The molecule has 0 spiro atoms. The SMILES string of the molecule is CCOC(=O)C1=Cc2c3nc(cc4[nH]c(cc5nc6c(c7[nH]c2c(CC)c7C)C=C(C(=O)OCC)[C@@]6(CC)[C@@H]5C)c(CC)c4C)[C@H](CC)[C@@]13C. The van der Waals surface area contributed by atoms with Crippen LogP contribution in [0.25, 0.3) is 34.2 Å². The molecule has 0 radical (unpaired) electrons. The van der Waals surface area contributed by atoms with Crippen molar-refractivity contribution in [2.75, 3.05) is 13.2 Å². The molecule has 2 aliphatic carbocycles. The fourth-order valence-corrected chi connectivity index (χ4v) is 9.74. The molecule has 8 bridgehead atoms. The van der Waals surface area contributed by atoms with E-state index in [1.807, 2.05) is 26.0 Å². The monoisotopic (exact) mass is 674 g/mol. The highest BCUT2D eigenvalue weighted by Crippen LogP contribution is 2.58. The molecule has 0 aromatic carbocycles. The van der Waals surface area contributed by atoms with Gasteiger partial charge in [0.15, 0.2) is 0 Å². The van der Waals surface area contributed by atoms with Crippen LogP contribution in [0.1, 0.15) is 136 Å². The number of rotatable bonds is 8. The maximum absolute atomic E-state index is 13.8. The summed E-state index contributed by atoms with van der Waals surface area (Å²) in [4.78, 5) is 46.1. The van der Waals surface area contributed by atoms with Gasteiger partial charge in [-0.2, -0.15) is 0 Å². The second-order valence-electron chi connectivity index (χ2n) is 14.4. The number of aryl methyl sites for hydroxylation is 4. The van der Waals surface area contributed by atoms with E-state index in [1.54, 1.807) is 0 Å². The maximum Gasteiger partial charge on any atom is 0.335 e. The van der Waals surface area contributed by atoms with Gasteiger partial charge in [0, 0.05) is 45.4 Å². The van der Waals surface area contributed by atoms with E-state index in [0.29, 0.717) is 30.8 Å². The van der Waals surface area contributed by atoms with Crippen LogP contribution in [0.2, 0.25) is 0 Å². The highest BCUT2D eigenvalue weighted by molar-refractivity contribution is 6.04. The van der Waals surface area contributed by atoms with Gasteiger partial charge in [0.05, 0.1) is 57.6 Å². The Labute approximate surface area is 294 Å². The van der Waals surface area contributed by atoms with Gasteiger partial charge in [-0.15, -0.1) is 0 Å². The molecule has 50 heavy (non-hydrogen) atoms. The summed E-state index contributed by atoms with van der Waals surface area (Å²) in [5.74, 6) is -0.680. The summed E-state index contributed by atoms with van der Waals surface area (Å²) in [6.07, 6.45) is 7.17. The summed E-state index contributed by atoms with van der Waals surface area (Å²) in [6, 6.07) is 4.39. The van der Waals surface area contributed by atoms with Crippen LogP contribution in [0.3, 0.4) is 0 Å². The Bertz CT molecular complexity index is 2200. The van der Waals surface area contributed by atoms with Gasteiger partial charge >= 0.3 is 11.9 Å². The lowest BCUT2D eigenvalue weighted by Crippen LogP contribution is -2.33. The fourth-order valence-electron chi connectivity index (χ4n) is 9.74. The van der Waals surface area contributed by atoms with E-state index in [9.17, 15) is 9.59 Å². The number of aromatic nitrogens is 4. The van der Waals surface area contributed by atoms with Crippen molar-refractivity contribution in [2.45, 2.75) is 118 Å². The Hall–Kier alpha value is -4.46. The molecule has 7 rings (SSSR count). The van der Waals surface area contributed by atoms with Gasteiger partial charge in [-0.1, -0.05) is 34.6 Å². The average Bonchev–Trinajstić information content (AvgIpc) is 3.88. The first kappa shape index (κ1) is 34.0. The molecule has 0 saturated carbocycles. The number of aromatic amines is 2.